The first kappa shape index (κ1) is 29.5. The van der Waals surface area contributed by atoms with Gasteiger partial charge in [-0.3, -0.25) is 9.59 Å². The number of halogens is 2. The van der Waals surface area contributed by atoms with Crippen LogP contribution in [0.1, 0.15) is 50.7 Å². The van der Waals surface area contributed by atoms with Gasteiger partial charge in [-0.25, -0.2) is 0 Å². The summed E-state index contributed by atoms with van der Waals surface area (Å²) >= 11 is 6.78. The third kappa shape index (κ3) is 11.3. The SMILES string of the molecule is CC(=O)Oc1cc(OCCCCBr)ccc1/C=N/N=C/c1ccc(OCCCCBr)cc1OC(C)=O. The van der Waals surface area contributed by atoms with Crippen LogP contribution in [0.25, 0.3) is 0 Å². The van der Waals surface area contributed by atoms with Gasteiger partial charge >= 0.3 is 11.9 Å². The molecule has 0 unspecified atom stereocenters. The van der Waals surface area contributed by atoms with Crippen LogP contribution in [0.4, 0.5) is 0 Å². The maximum atomic E-state index is 11.5. The summed E-state index contributed by atoms with van der Waals surface area (Å²) in [5.41, 5.74) is 1.12. The molecule has 0 saturated heterocycles. The topological polar surface area (TPSA) is 95.8 Å². The van der Waals surface area contributed by atoms with E-state index < -0.39 is 11.9 Å². The van der Waals surface area contributed by atoms with Gasteiger partial charge in [0.1, 0.15) is 23.0 Å². The van der Waals surface area contributed by atoms with Crippen LogP contribution in [-0.4, -0.2) is 48.2 Å². The average Bonchev–Trinajstić information content (AvgIpc) is 2.83. The summed E-state index contributed by atoms with van der Waals surface area (Å²) in [5.74, 6) is 0.933. The second-order valence-electron chi connectivity index (χ2n) is 7.56. The second kappa shape index (κ2) is 16.9. The summed E-state index contributed by atoms with van der Waals surface area (Å²) in [5, 5.41) is 9.97. The molecule has 36 heavy (non-hydrogen) atoms. The van der Waals surface area contributed by atoms with E-state index in [9.17, 15) is 9.59 Å². The van der Waals surface area contributed by atoms with Crippen molar-refractivity contribution in [2.45, 2.75) is 39.5 Å². The zero-order chi connectivity index (χ0) is 26.2. The Balaban J connectivity index is 2.13. The monoisotopic (exact) mass is 624 g/mol. The van der Waals surface area contributed by atoms with Crippen molar-refractivity contribution >= 4 is 56.2 Å². The number of rotatable bonds is 15. The number of nitrogens with zero attached hydrogens (tertiary/aromatic N) is 2. The molecule has 0 aliphatic heterocycles. The molecule has 0 aliphatic rings. The maximum Gasteiger partial charge on any atom is 0.308 e. The molecule has 0 fully saturated rings. The molecule has 8 nitrogen and oxygen atoms in total. The molecule has 0 N–H and O–H groups in total. The highest BCUT2D eigenvalue weighted by Crippen LogP contribution is 2.26. The molecule has 0 heterocycles. The Labute approximate surface area is 228 Å². The number of esters is 2. The zero-order valence-corrected chi connectivity index (χ0v) is 23.5. The molecule has 0 atom stereocenters. The van der Waals surface area contributed by atoms with E-state index in [1.807, 2.05) is 0 Å². The number of benzene rings is 2. The molecule has 0 amide bonds. The summed E-state index contributed by atoms with van der Waals surface area (Å²) in [6, 6.07) is 10.3. The van der Waals surface area contributed by atoms with Crippen LogP contribution in [0.2, 0.25) is 0 Å². The van der Waals surface area contributed by atoms with Crippen LogP contribution in [0.15, 0.2) is 46.6 Å². The molecule has 0 radical (unpaired) electrons. The molecular weight excluding hydrogens is 596 g/mol. The average molecular weight is 626 g/mol. The van der Waals surface area contributed by atoms with Gasteiger partial charge in [0.2, 0.25) is 0 Å². The minimum Gasteiger partial charge on any atom is -0.493 e. The quantitative estimate of drug-likeness (QED) is 0.0593. The third-order valence-corrected chi connectivity index (χ3v) is 5.65. The minimum absolute atomic E-state index is 0.321. The Morgan fingerprint density at radius 2 is 1.14 bits per heavy atom. The van der Waals surface area contributed by atoms with Crippen molar-refractivity contribution in [2.24, 2.45) is 10.2 Å². The predicted octanol–water partition coefficient (Wildman–Crippen LogP) is 6.10. The van der Waals surface area contributed by atoms with E-state index in [4.69, 9.17) is 18.9 Å². The van der Waals surface area contributed by atoms with Gasteiger partial charge in [0.25, 0.3) is 0 Å². The van der Waals surface area contributed by atoms with E-state index in [1.165, 1.54) is 26.3 Å². The fourth-order valence-corrected chi connectivity index (χ4v) is 3.67. The van der Waals surface area contributed by atoms with Crippen molar-refractivity contribution < 1.29 is 28.5 Å². The van der Waals surface area contributed by atoms with Crippen LogP contribution in [0.5, 0.6) is 23.0 Å². The van der Waals surface area contributed by atoms with Crippen LogP contribution in [0, 0.1) is 0 Å². The first-order chi connectivity index (χ1) is 17.4. The molecule has 194 valence electrons. The summed E-state index contributed by atoms with van der Waals surface area (Å²) in [4.78, 5) is 23.1. The van der Waals surface area contributed by atoms with Crippen molar-refractivity contribution in [1.82, 2.24) is 0 Å². The highest BCUT2D eigenvalue weighted by molar-refractivity contribution is 9.09. The Hall–Kier alpha value is -2.72. The lowest BCUT2D eigenvalue weighted by Gasteiger charge is -2.10. The van der Waals surface area contributed by atoms with Crippen molar-refractivity contribution in [3.8, 4) is 23.0 Å². The highest BCUT2D eigenvalue weighted by atomic mass is 79.9. The zero-order valence-electron chi connectivity index (χ0n) is 20.4. The molecule has 0 aromatic heterocycles. The first-order valence-corrected chi connectivity index (χ1v) is 13.8. The number of hydrogen-bond acceptors (Lipinski definition) is 8. The third-order valence-electron chi connectivity index (χ3n) is 4.53. The molecule has 0 saturated carbocycles. The molecule has 10 heteroatoms. The lowest BCUT2D eigenvalue weighted by Crippen LogP contribution is -2.05. The van der Waals surface area contributed by atoms with Gasteiger partial charge in [-0.1, -0.05) is 31.9 Å². The van der Waals surface area contributed by atoms with Crippen LogP contribution < -0.4 is 18.9 Å². The van der Waals surface area contributed by atoms with E-state index in [-0.39, 0.29) is 0 Å². The van der Waals surface area contributed by atoms with Gasteiger partial charge in [-0.15, -0.1) is 0 Å². The smallest absolute Gasteiger partial charge is 0.308 e. The summed E-state index contributed by atoms with van der Waals surface area (Å²) in [6.07, 6.45) is 6.77. The molecule has 2 rings (SSSR count). The molecule has 0 aliphatic carbocycles. The molecular formula is C26H30Br2N2O6. The van der Waals surface area contributed by atoms with E-state index >= 15 is 0 Å². The number of unbranched alkanes of at least 4 members (excludes halogenated alkanes) is 2. The fraction of sp³-hybridized carbons (Fsp3) is 0.385. The lowest BCUT2D eigenvalue weighted by atomic mass is 10.2. The van der Waals surface area contributed by atoms with E-state index in [1.54, 1.807) is 36.4 Å². The normalized spacial score (nSPS) is 11.1. The van der Waals surface area contributed by atoms with Crippen LogP contribution in [0.3, 0.4) is 0 Å². The van der Waals surface area contributed by atoms with Gasteiger partial charge in [0, 0.05) is 47.8 Å². The maximum absolute atomic E-state index is 11.5. The van der Waals surface area contributed by atoms with E-state index in [0.717, 1.165) is 36.3 Å². The summed E-state index contributed by atoms with van der Waals surface area (Å²) in [7, 11) is 0. The van der Waals surface area contributed by atoms with Gasteiger partial charge in [0.15, 0.2) is 0 Å². The van der Waals surface area contributed by atoms with Crippen molar-refractivity contribution in [3.05, 3.63) is 47.5 Å². The summed E-state index contributed by atoms with van der Waals surface area (Å²) < 4.78 is 22.1. The number of carbonyl (C=O) groups is 2. The van der Waals surface area contributed by atoms with Gasteiger partial charge in [0.05, 0.1) is 25.6 Å². The number of alkyl halides is 2. The standard InChI is InChI=1S/C26H30Br2N2O6/c1-19(31)35-25-15-23(33-13-5-3-11-27)9-7-21(25)17-29-30-18-22-8-10-24(34-14-6-4-12-28)16-26(22)36-20(2)32/h7-10,15-18H,3-6,11-14H2,1-2H3/b29-17+,30-18+. The fourth-order valence-electron chi connectivity index (χ4n) is 2.87. The van der Waals surface area contributed by atoms with Crippen molar-refractivity contribution in [2.75, 3.05) is 23.9 Å². The van der Waals surface area contributed by atoms with Gasteiger partial charge in [-0.05, 0) is 49.9 Å². The Morgan fingerprint density at radius 3 is 1.50 bits per heavy atom. The van der Waals surface area contributed by atoms with E-state index in [2.05, 4.69) is 42.1 Å². The number of hydrogen-bond donors (Lipinski definition) is 0. The minimum atomic E-state index is -0.454. The largest absolute Gasteiger partial charge is 0.493 e. The number of carbonyl (C=O) groups excluding carboxylic acids is 2. The lowest BCUT2D eigenvalue weighted by molar-refractivity contribution is -0.132. The van der Waals surface area contributed by atoms with E-state index in [0.29, 0.717) is 47.3 Å². The predicted molar refractivity (Wildman–Crippen MR) is 148 cm³/mol. The molecule has 0 bridgehead atoms. The second-order valence-corrected chi connectivity index (χ2v) is 9.15. The highest BCUT2D eigenvalue weighted by Gasteiger charge is 2.09. The Kier molecular flexibility index (Phi) is 13.8. The number of ether oxygens (including phenoxy) is 4. The summed E-state index contributed by atoms with van der Waals surface area (Å²) in [6.45, 7) is 3.78. The molecule has 2 aromatic carbocycles. The first-order valence-electron chi connectivity index (χ1n) is 11.5. The van der Waals surface area contributed by atoms with Gasteiger partial charge < -0.3 is 18.9 Å². The van der Waals surface area contributed by atoms with Crippen molar-refractivity contribution in [1.29, 1.82) is 0 Å². The van der Waals surface area contributed by atoms with Gasteiger partial charge in [-0.2, -0.15) is 10.2 Å². The van der Waals surface area contributed by atoms with Crippen molar-refractivity contribution in [3.63, 3.8) is 0 Å². The van der Waals surface area contributed by atoms with Crippen LogP contribution >= 0.6 is 31.9 Å². The Bertz CT molecular complexity index is 975. The molecule has 0 spiro atoms. The Morgan fingerprint density at radius 1 is 0.722 bits per heavy atom. The van der Waals surface area contributed by atoms with Crippen LogP contribution in [-0.2, 0) is 9.59 Å². The molecule has 2 aromatic rings.